The summed E-state index contributed by atoms with van der Waals surface area (Å²) in [6.07, 6.45) is 1.87. The van der Waals surface area contributed by atoms with Gasteiger partial charge in [-0.1, -0.05) is 46.0 Å². The second-order valence-corrected chi connectivity index (χ2v) is 10.2. The van der Waals surface area contributed by atoms with Crippen LogP contribution < -0.4 is 9.64 Å². The standard InChI is InChI=1S/C18H12BrI2NO2S2/c1-2-24-16-10(6-12(20)9-14(16)21)7-15-17(23)22(18(25)26-15)13-5-3-4-11(19)8-13/h3-9H,2H2,1H3/b15-7+. The topological polar surface area (TPSA) is 29.5 Å². The van der Waals surface area contributed by atoms with Gasteiger partial charge in [0.25, 0.3) is 5.91 Å². The van der Waals surface area contributed by atoms with Gasteiger partial charge in [-0.15, -0.1) is 0 Å². The third-order valence-electron chi connectivity index (χ3n) is 3.47. The first-order chi connectivity index (χ1) is 12.4. The summed E-state index contributed by atoms with van der Waals surface area (Å²) in [5, 5.41) is 0. The lowest BCUT2D eigenvalue weighted by Crippen LogP contribution is -2.27. The number of nitrogens with zero attached hydrogens (tertiary/aromatic N) is 1. The van der Waals surface area contributed by atoms with E-state index in [4.69, 9.17) is 17.0 Å². The number of carbonyl (C=O) groups is 1. The third-order valence-corrected chi connectivity index (χ3v) is 6.69. The predicted molar refractivity (Wildman–Crippen MR) is 133 cm³/mol. The molecule has 0 radical (unpaired) electrons. The van der Waals surface area contributed by atoms with E-state index in [0.717, 1.165) is 28.6 Å². The zero-order chi connectivity index (χ0) is 18.8. The Morgan fingerprint density at radius 2 is 2.08 bits per heavy atom. The number of carbonyl (C=O) groups excluding carboxylic acids is 1. The van der Waals surface area contributed by atoms with Crippen LogP contribution in [0, 0.1) is 7.14 Å². The molecule has 1 saturated heterocycles. The van der Waals surface area contributed by atoms with Crippen molar-refractivity contribution >= 4 is 107 Å². The Kier molecular flexibility index (Phi) is 7.03. The first kappa shape index (κ1) is 20.6. The van der Waals surface area contributed by atoms with Gasteiger partial charge in [-0.3, -0.25) is 9.69 Å². The molecule has 0 spiro atoms. The van der Waals surface area contributed by atoms with E-state index in [-0.39, 0.29) is 5.91 Å². The Labute approximate surface area is 197 Å². The van der Waals surface area contributed by atoms with Crippen molar-refractivity contribution in [2.75, 3.05) is 11.5 Å². The number of hydrogen-bond donors (Lipinski definition) is 0. The predicted octanol–water partition coefficient (Wildman–Crippen LogP) is 6.46. The maximum Gasteiger partial charge on any atom is 0.270 e. The number of thioether (sulfide) groups is 1. The van der Waals surface area contributed by atoms with Crippen molar-refractivity contribution in [3.63, 3.8) is 0 Å². The Morgan fingerprint density at radius 3 is 2.77 bits per heavy atom. The molecule has 3 nitrogen and oxygen atoms in total. The van der Waals surface area contributed by atoms with Gasteiger partial charge in [0.15, 0.2) is 4.32 Å². The van der Waals surface area contributed by atoms with Gasteiger partial charge >= 0.3 is 0 Å². The van der Waals surface area contributed by atoms with Crippen LogP contribution in [0.1, 0.15) is 12.5 Å². The number of rotatable bonds is 4. The quantitative estimate of drug-likeness (QED) is 0.212. The average Bonchev–Trinajstić information content (AvgIpc) is 2.84. The van der Waals surface area contributed by atoms with Gasteiger partial charge < -0.3 is 4.74 Å². The summed E-state index contributed by atoms with van der Waals surface area (Å²) in [4.78, 5) is 15.1. The van der Waals surface area contributed by atoms with Gasteiger partial charge in [0.1, 0.15) is 5.75 Å². The van der Waals surface area contributed by atoms with Crippen molar-refractivity contribution in [1.82, 2.24) is 0 Å². The maximum atomic E-state index is 13.0. The molecule has 1 aliphatic heterocycles. The van der Waals surface area contributed by atoms with Crippen LogP contribution in [0.25, 0.3) is 6.08 Å². The zero-order valence-electron chi connectivity index (χ0n) is 13.5. The molecule has 1 amide bonds. The van der Waals surface area contributed by atoms with Gasteiger partial charge in [-0.05, 0) is 88.5 Å². The van der Waals surface area contributed by atoms with Gasteiger partial charge in [-0.2, -0.15) is 0 Å². The van der Waals surface area contributed by atoms with Crippen LogP contribution in [0.4, 0.5) is 5.69 Å². The molecular weight excluding hydrogens is 660 g/mol. The Balaban J connectivity index is 2.01. The number of benzene rings is 2. The van der Waals surface area contributed by atoms with E-state index in [1.807, 2.05) is 43.3 Å². The van der Waals surface area contributed by atoms with Crippen molar-refractivity contribution in [3.8, 4) is 5.75 Å². The highest BCUT2D eigenvalue weighted by Crippen LogP contribution is 2.39. The summed E-state index contributed by atoms with van der Waals surface area (Å²) in [5.74, 6) is 0.677. The fourth-order valence-corrected chi connectivity index (χ4v) is 6.15. The number of ether oxygens (including phenoxy) is 1. The summed E-state index contributed by atoms with van der Waals surface area (Å²) in [5.41, 5.74) is 1.64. The Morgan fingerprint density at radius 1 is 1.31 bits per heavy atom. The monoisotopic (exact) mass is 671 g/mol. The van der Waals surface area contributed by atoms with E-state index in [2.05, 4.69) is 67.2 Å². The van der Waals surface area contributed by atoms with Gasteiger partial charge in [0.05, 0.1) is 20.8 Å². The fraction of sp³-hybridized carbons (Fsp3) is 0.111. The lowest BCUT2D eigenvalue weighted by Gasteiger charge is -2.14. The zero-order valence-corrected chi connectivity index (χ0v) is 21.0. The lowest BCUT2D eigenvalue weighted by atomic mass is 10.2. The van der Waals surface area contributed by atoms with E-state index < -0.39 is 0 Å². The summed E-state index contributed by atoms with van der Waals surface area (Å²) in [6.45, 7) is 2.51. The SMILES string of the molecule is CCOc1c(I)cc(I)cc1/C=C1/SC(=S)N(c2cccc(Br)c2)C1=O. The van der Waals surface area contributed by atoms with Crippen LogP contribution in [0.3, 0.4) is 0 Å². The Bertz CT molecular complexity index is 933. The molecule has 2 aromatic carbocycles. The van der Waals surface area contributed by atoms with Gasteiger partial charge in [0.2, 0.25) is 0 Å². The molecule has 0 saturated carbocycles. The molecule has 0 bridgehead atoms. The molecule has 0 aromatic heterocycles. The lowest BCUT2D eigenvalue weighted by molar-refractivity contribution is -0.113. The molecule has 1 aliphatic rings. The molecule has 2 aromatic rings. The highest BCUT2D eigenvalue weighted by molar-refractivity contribution is 14.1. The summed E-state index contributed by atoms with van der Waals surface area (Å²) in [6, 6.07) is 11.6. The minimum atomic E-state index is -0.116. The average molecular weight is 672 g/mol. The number of anilines is 1. The molecule has 0 unspecified atom stereocenters. The maximum absolute atomic E-state index is 13.0. The van der Waals surface area contributed by atoms with Crippen LogP contribution in [0.2, 0.25) is 0 Å². The van der Waals surface area contributed by atoms with Crippen LogP contribution in [-0.4, -0.2) is 16.8 Å². The highest BCUT2D eigenvalue weighted by atomic mass is 127. The van der Waals surface area contributed by atoms with Crippen LogP contribution in [0.5, 0.6) is 5.75 Å². The fourth-order valence-electron chi connectivity index (χ4n) is 2.43. The van der Waals surface area contributed by atoms with E-state index in [0.29, 0.717) is 15.8 Å². The second kappa shape index (κ2) is 8.89. The van der Waals surface area contributed by atoms with E-state index >= 15 is 0 Å². The number of halogens is 3. The molecule has 1 fully saturated rings. The minimum Gasteiger partial charge on any atom is -0.492 e. The molecule has 134 valence electrons. The third kappa shape index (κ3) is 4.45. The second-order valence-electron chi connectivity index (χ2n) is 5.24. The summed E-state index contributed by atoms with van der Waals surface area (Å²) >= 11 is 14.7. The van der Waals surface area contributed by atoms with Crippen molar-refractivity contribution in [2.45, 2.75) is 6.92 Å². The highest BCUT2D eigenvalue weighted by Gasteiger charge is 2.33. The first-order valence-corrected chi connectivity index (χ1v) is 11.7. The molecule has 0 N–H and O–H groups in total. The molecular formula is C18H12BrI2NO2S2. The van der Waals surface area contributed by atoms with E-state index in [1.54, 1.807) is 4.90 Å². The van der Waals surface area contributed by atoms with Gasteiger partial charge in [0, 0.05) is 13.6 Å². The number of hydrogen-bond acceptors (Lipinski definition) is 4. The Hall–Kier alpha value is -0.170. The minimum absolute atomic E-state index is 0.116. The van der Waals surface area contributed by atoms with E-state index in [9.17, 15) is 4.79 Å². The van der Waals surface area contributed by atoms with Crippen molar-refractivity contribution in [1.29, 1.82) is 0 Å². The van der Waals surface area contributed by atoms with Crippen LogP contribution >= 0.6 is 85.1 Å². The molecule has 1 heterocycles. The smallest absolute Gasteiger partial charge is 0.270 e. The first-order valence-electron chi connectivity index (χ1n) is 7.56. The number of amides is 1. The normalized spacial score (nSPS) is 15.8. The summed E-state index contributed by atoms with van der Waals surface area (Å²) < 4.78 is 9.33. The van der Waals surface area contributed by atoms with Crippen molar-refractivity contribution < 1.29 is 9.53 Å². The van der Waals surface area contributed by atoms with Crippen molar-refractivity contribution in [3.05, 3.63) is 58.5 Å². The van der Waals surface area contributed by atoms with E-state index in [1.165, 1.54) is 11.8 Å². The molecule has 0 atom stereocenters. The van der Waals surface area contributed by atoms with Crippen LogP contribution in [-0.2, 0) is 4.79 Å². The largest absolute Gasteiger partial charge is 0.492 e. The molecule has 0 aliphatic carbocycles. The van der Waals surface area contributed by atoms with Crippen LogP contribution in [0.15, 0.2) is 45.8 Å². The molecule has 26 heavy (non-hydrogen) atoms. The van der Waals surface area contributed by atoms with Crippen molar-refractivity contribution in [2.24, 2.45) is 0 Å². The van der Waals surface area contributed by atoms with Gasteiger partial charge in [-0.25, -0.2) is 0 Å². The summed E-state index contributed by atoms with van der Waals surface area (Å²) in [7, 11) is 0. The molecule has 8 heteroatoms. The number of thiocarbonyl (C=S) groups is 1. The molecule has 3 rings (SSSR count).